The molecule has 0 spiro atoms. The van der Waals surface area contributed by atoms with Crippen LogP contribution in [0.1, 0.15) is 33.7 Å². The second-order valence-corrected chi connectivity index (χ2v) is 6.98. The third-order valence-corrected chi connectivity index (χ3v) is 4.89. The Morgan fingerprint density at radius 1 is 1.40 bits per heavy atom. The van der Waals surface area contributed by atoms with E-state index >= 15 is 0 Å². The molecule has 3 aromatic rings. The summed E-state index contributed by atoms with van der Waals surface area (Å²) in [5.41, 5.74) is 1.95. The second kappa shape index (κ2) is 7.33. The highest BCUT2D eigenvalue weighted by molar-refractivity contribution is 7.16. The van der Waals surface area contributed by atoms with Crippen molar-refractivity contribution in [2.75, 3.05) is 5.32 Å². The molecular formula is C17H16ClFN4OS. The number of rotatable bonds is 5. The van der Waals surface area contributed by atoms with E-state index in [0.717, 1.165) is 16.3 Å². The molecule has 0 aliphatic carbocycles. The first-order valence-electron chi connectivity index (χ1n) is 7.70. The Morgan fingerprint density at radius 2 is 2.20 bits per heavy atom. The van der Waals surface area contributed by atoms with E-state index in [9.17, 15) is 9.18 Å². The van der Waals surface area contributed by atoms with Crippen LogP contribution >= 0.6 is 22.9 Å². The van der Waals surface area contributed by atoms with Crippen molar-refractivity contribution in [3.05, 3.63) is 63.3 Å². The number of nitrogens with one attached hydrogen (secondary N) is 1. The number of aromatic nitrogens is 3. The van der Waals surface area contributed by atoms with Gasteiger partial charge in [0.15, 0.2) is 0 Å². The lowest BCUT2D eigenvalue weighted by Gasteiger charge is -2.05. The minimum Gasteiger partial charge on any atom is -0.311 e. The van der Waals surface area contributed by atoms with Crippen LogP contribution in [-0.2, 0) is 13.0 Å². The number of nitrogens with zero attached hydrogens (tertiary/aromatic N) is 3. The van der Waals surface area contributed by atoms with Gasteiger partial charge in [0.25, 0.3) is 5.91 Å². The number of anilines is 1. The maximum Gasteiger partial charge on any atom is 0.274 e. The summed E-state index contributed by atoms with van der Waals surface area (Å²) in [6, 6.07) is 6.08. The average Bonchev–Trinajstić information content (AvgIpc) is 3.13. The van der Waals surface area contributed by atoms with Gasteiger partial charge in [-0.2, -0.15) is 5.10 Å². The average molecular weight is 379 g/mol. The SMILES string of the molecule is CCn1nccc1C(=O)Nc1sc(Cc2cc(F)cc(Cl)c2)nc1C. The van der Waals surface area contributed by atoms with Crippen molar-refractivity contribution in [3.63, 3.8) is 0 Å². The minimum absolute atomic E-state index is 0.230. The van der Waals surface area contributed by atoms with Crippen LogP contribution in [0.4, 0.5) is 9.39 Å². The standard InChI is InChI=1S/C17H16ClFN4OS/c1-3-23-14(4-5-20-23)16(24)22-17-10(2)21-15(25-17)8-11-6-12(18)9-13(19)7-11/h4-7,9H,3,8H2,1-2H3,(H,22,24). The number of hydrogen-bond acceptors (Lipinski definition) is 4. The van der Waals surface area contributed by atoms with Crippen molar-refractivity contribution < 1.29 is 9.18 Å². The lowest BCUT2D eigenvalue weighted by atomic mass is 10.1. The van der Waals surface area contributed by atoms with Crippen molar-refractivity contribution in [2.24, 2.45) is 0 Å². The summed E-state index contributed by atoms with van der Waals surface area (Å²) >= 11 is 7.25. The summed E-state index contributed by atoms with van der Waals surface area (Å²) in [6.07, 6.45) is 2.04. The Balaban J connectivity index is 1.77. The molecule has 5 nitrogen and oxygen atoms in total. The molecule has 0 radical (unpaired) electrons. The molecule has 1 N–H and O–H groups in total. The van der Waals surface area contributed by atoms with E-state index in [1.54, 1.807) is 23.0 Å². The Bertz CT molecular complexity index is 901. The summed E-state index contributed by atoms with van der Waals surface area (Å²) in [5, 5.41) is 8.77. The van der Waals surface area contributed by atoms with Gasteiger partial charge in [0.2, 0.25) is 0 Å². The molecule has 0 unspecified atom stereocenters. The lowest BCUT2D eigenvalue weighted by Crippen LogP contribution is -2.17. The monoisotopic (exact) mass is 378 g/mol. The van der Waals surface area contributed by atoms with E-state index in [4.69, 9.17) is 11.6 Å². The van der Waals surface area contributed by atoms with Gasteiger partial charge in [-0.25, -0.2) is 9.37 Å². The topological polar surface area (TPSA) is 59.8 Å². The molecule has 8 heteroatoms. The van der Waals surface area contributed by atoms with Crippen LogP contribution in [0.2, 0.25) is 5.02 Å². The molecule has 1 amide bonds. The van der Waals surface area contributed by atoms with E-state index in [-0.39, 0.29) is 11.7 Å². The summed E-state index contributed by atoms with van der Waals surface area (Å²) in [6.45, 7) is 4.36. The molecule has 2 heterocycles. The predicted molar refractivity (Wildman–Crippen MR) is 96.9 cm³/mol. The number of aryl methyl sites for hydroxylation is 2. The number of carbonyl (C=O) groups is 1. The lowest BCUT2D eigenvalue weighted by molar-refractivity contribution is 0.101. The van der Waals surface area contributed by atoms with E-state index in [0.29, 0.717) is 28.7 Å². The van der Waals surface area contributed by atoms with E-state index in [2.05, 4.69) is 15.4 Å². The summed E-state index contributed by atoms with van der Waals surface area (Å²) in [4.78, 5) is 16.9. The number of carbonyl (C=O) groups excluding carboxylic acids is 1. The fourth-order valence-electron chi connectivity index (χ4n) is 2.48. The molecule has 1 aromatic carbocycles. The fourth-order valence-corrected chi connectivity index (χ4v) is 3.71. The highest BCUT2D eigenvalue weighted by Gasteiger charge is 2.15. The zero-order chi connectivity index (χ0) is 18.0. The molecule has 0 aliphatic rings. The molecule has 130 valence electrons. The van der Waals surface area contributed by atoms with Crippen LogP contribution in [0.15, 0.2) is 30.5 Å². The quantitative estimate of drug-likeness (QED) is 0.719. The Labute approximate surface area is 153 Å². The zero-order valence-electron chi connectivity index (χ0n) is 13.7. The van der Waals surface area contributed by atoms with E-state index < -0.39 is 0 Å². The third-order valence-electron chi connectivity index (χ3n) is 3.59. The first-order valence-corrected chi connectivity index (χ1v) is 8.90. The van der Waals surface area contributed by atoms with Crippen LogP contribution < -0.4 is 5.32 Å². The third kappa shape index (κ3) is 4.05. The molecule has 0 bridgehead atoms. The first kappa shape index (κ1) is 17.6. The number of benzene rings is 1. The molecule has 0 aliphatic heterocycles. The van der Waals surface area contributed by atoms with Gasteiger partial charge in [-0.3, -0.25) is 9.48 Å². The van der Waals surface area contributed by atoms with Crippen molar-refractivity contribution in [1.29, 1.82) is 0 Å². The van der Waals surface area contributed by atoms with Gasteiger partial charge in [0.05, 0.1) is 10.7 Å². The van der Waals surface area contributed by atoms with Crippen LogP contribution in [-0.4, -0.2) is 20.7 Å². The maximum absolute atomic E-state index is 13.4. The molecule has 0 saturated heterocycles. The minimum atomic E-state index is -0.378. The maximum atomic E-state index is 13.4. The zero-order valence-corrected chi connectivity index (χ0v) is 15.3. The molecule has 0 saturated carbocycles. The Morgan fingerprint density at radius 3 is 2.92 bits per heavy atom. The highest BCUT2D eigenvalue weighted by Crippen LogP contribution is 2.27. The van der Waals surface area contributed by atoms with Gasteiger partial charge in [-0.05, 0) is 43.7 Å². The van der Waals surface area contributed by atoms with Crippen LogP contribution in [0, 0.1) is 12.7 Å². The van der Waals surface area contributed by atoms with Gasteiger partial charge in [0, 0.05) is 24.2 Å². The molecule has 2 aromatic heterocycles. The van der Waals surface area contributed by atoms with Gasteiger partial charge < -0.3 is 5.32 Å². The normalized spacial score (nSPS) is 10.9. The number of thiazole rings is 1. The van der Waals surface area contributed by atoms with Crippen LogP contribution in [0.3, 0.4) is 0 Å². The van der Waals surface area contributed by atoms with Crippen molar-refractivity contribution >= 4 is 33.8 Å². The molecule has 0 fully saturated rings. The fraction of sp³-hybridized carbons (Fsp3) is 0.235. The number of amides is 1. The van der Waals surface area contributed by atoms with Gasteiger partial charge in [-0.15, -0.1) is 11.3 Å². The van der Waals surface area contributed by atoms with Gasteiger partial charge >= 0.3 is 0 Å². The van der Waals surface area contributed by atoms with Crippen molar-refractivity contribution in [1.82, 2.24) is 14.8 Å². The summed E-state index contributed by atoms with van der Waals surface area (Å²) in [5.74, 6) is -0.608. The van der Waals surface area contributed by atoms with Crippen molar-refractivity contribution in [2.45, 2.75) is 26.8 Å². The van der Waals surface area contributed by atoms with Gasteiger partial charge in [-0.1, -0.05) is 11.6 Å². The molecule has 25 heavy (non-hydrogen) atoms. The van der Waals surface area contributed by atoms with Crippen LogP contribution in [0.25, 0.3) is 0 Å². The smallest absolute Gasteiger partial charge is 0.274 e. The molecule has 0 atom stereocenters. The van der Waals surface area contributed by atoms with Crippen molar-refractivity contribution in [3.8, 4) is 0 Å². The first-order chi connectivity index (χ1) is 12.0. The number of halogens is 2. The molecule has 3 rings (SSSR count). The van der Waals surface area contributed by atoms with Gasteiger partial charge in [0.1, 0.15) is 16.5 Å². The summed E-state index contributed by atoms with van der Waals surface area (Å²) < 4.78 is 15.1. The Hall–Kier alpha value is -2.25. The largest absolute Gasteiger partial charge is 0.311 e. The predicted octanol–water partition coefficient (Wildman–Crippen LogP) is 4.30. The highest BCUT2D eigenvalue weighted by atomic mass is 35.5. The van der Waals surface area contributed by atoms with Crippen LogP contribution in [0.5, 0.6) is 0 Å². The number of hydrogen-bond donors (Lipinski definition) is 1. The van der Waals surface area contributed by atoms with E-state index in [1.165, 1.54) is 23.5 Å². The summed E-state index contributed by atoms with van der Waals surface area (Å²) in [7, 11) is 0. The van der Waals surface area contributed by atoms with E-state index in [1.807, 2.05) is 13.8 Å². The molecular weight excluding hydrogens is 363 g/mol. The Kier molecular flexibility index (Phi) is 5.15. The second-order valence-electron chi connectivity index (χ2n) is 5.46.